The lowest BCUT2D eigenvalue weighted by molar-refractivity contribution is 0.249. The van der Waals surface area contributed by atoms with Crippen molar-refractivity contribution in [2.45, 2.75) is 6.54 Å². The highest BCUT2D eigenvalue weighted by Crippen LogP contribution is 2.15. The average molecular weight is 303 g/mol. The molecule has 0 bridgehead atoms. The van der Waals surface area contributed by atoms with Gasteiger partial charge >= 0.3 is 0 Å². The third kappa shape index (κ3) is 3.66. The fourth-order valence-corrected chi connectivity index (χ4v) is 2.77. The van der Waals surface area contributed by atoms with E-state index in [0.29, 0.717) is 11.1 Å². The highest BCUT2D eigenvalue weighted by Gasteiger charge is 2.18. The molecule has 0 amide bonds. The molecule has 1 aromatic heterocycles. The number of piperazine rings is 1. The van der Waals surface area contributed by atoms with Crippen molar-refractivity contribution in [2.24, 2.45) is 0 Å². The van der Waals surface area contributed by atoms with Crippen LogP contribution in [-0.2, 0) is 6.54 Å². The van der Waals surface area contributed by atoms with Crippen molar-refractivity contribution in [1.29, 1.82) is 10.5 Å². The molecule has 1 aromatic carbocycles. The van der Waals surface area contributed by atoms with Gasteiger partial charge in [0.15, 0.2) is 0 Å². The summed E-state index contributed by atoms with van der Waals surface area (Å²) in [5.41, 5.74) is 2.47. The number of hydrogen-bond acceptors (Lipinski definition) is 5. The van der Waals surface area contributed by atoms with Crippen LogP contribution in [0, 0.1) is 22.7 Å². The van der Waals surface area contributed by atoms with Crippen LogP contribution in [0.3, 0.4) is 0 Å². The number of anilines is 1. The van der Waals surface area contributed by atoms with Gasteiger partial charge in [0.05, 0.1) is 17.2 Å². The highest BCUT2D eigenvalue weighted by atomic mass is 15.3. The maximum Gasteiger partial charge on any atom is 0.128 e. The van der Waals surface area contributed by atoms with Gasteiger partial charge in [0, 0.05) is 38.9 Å². The van der Waals surface area contributed by atoms with Crippen molar-refractivity contribution in [3.8, 4) is 12.1 Å². The molecule has 1 aliphatic rings. The van der Waals surface area contributed by atoms with E-state index in [9.17, 15) is 0 Å². The van der Waals surface area contributed by atoms with Crippen molar-refractivity contribution in [3.05, 3.63) is 59.3 Å². The minimum Gasteiger partial charge on any atom is -0.354 e. The van der Waals surface area contributed by atoms with E-state index in [1.807, 2.05) is 30.3 Å². The third-order valence-corrected chi connectivity index (χ3v) is 4.04. The molecule has 114 valence electrons. The molecule has 0 N–H and O–H groups in total. The Hall–Kier alpha value is -2.89. The first-order valence-corrected chi connectivity index (χ1v) is 7.61. The minimum absolute atomic E-state index is 0.588. The van der Waals surface area contributed by atoms with Gasteiger partial charge in [-0.2, -0.15) is 10.5 Å². The molecule has 0 radical (unpaired) electrons. The molecular formula is C18H17N5. The lowest BCUT2D eigenvalue weighted by Gasteiger charge is -2.35. The molecule has 3 rings (SSSR count). The predicted molar refractivity (Wildman–Crippen MR) is 87.6 cm³/mol. The molecule has 1 fully saturated rings. The van der Waals surface area contributed by atoms with Gasteiger partial charge in [-0.3, -0.25) is 4.90 Å². The van der Waals surface area contributed by atoms with E-state index in [0.717, 1.165) is 38.5 Å². The monoisotopic (exact) mass is 303 g/mol. The lowest BCUT2D eigenvalue weighted by atomic mass is 10.1. The molecule has 5 nitrogen and oxygen atoms in total. The van der Waals surface area contributed by atoms with Crippen molar-refractivity contribution < 1.29 is 0 Å². The fourth-order valence-electron chi connectivity index (χ4n) is 2.77. The van der Waals surface area contributed by atoms with Crippen LogP contribution in [0.5, 0.6) is 0 Å². The van der Waals surface area contributed by atoms with E-state index in [2.05, 4.69) is 33.0 Å². The zero-order chi connectivity index (χ0) is 16.1. The smallest absolute Gasteiger partial charge is 0.128 e. The summed E-state index contributed by atoms with van der Waals surface area (Å²) >= 11 is 0. The summed E-state index contributed by atoms with van der Waals surface area (Å²) in [6, 6.07) is 15.8. The molecule has 2 heterocycles. The van der Waals surface area contributed by atoms with Crippen molar-refractivity contribution >= 4 is 5.82 Å². The average Bonchev–Trinajstić information content (AvgIpc) is 2.63. The van der Waals surface area contributed by atoms with Gasteiger partial charge in [0.1, 0.15) is 11.9 Å². The predicted octanol–water partition coefficient (Wildman–Crippen LogP) is 2.15. The number of nitrogens with zero attached hydrogens (tertiary/aromatic N) is 5. The Bertz CT molecular complexity index is 746. The van der Waals surface area contributed by atoms with Crippen LogP contribution in [0.15, 0.2) is 42.6 Å². The standard InChI is InChI=1S/C18H17N5/c19-11-15-2-1-3-16(10-15)14-22-6-8-23(9-7-22)18-5-4-17(12-20)13-21-18/h1-5,10,13H,6-9,14H2. The van der Waals surface area contributed by atoms with E-state index in [4.69, 9.17) is 10.5 Å². The summed E-state index contributed by atoms with van der Waals surface area (Å²) in [4.78, 5) is 8.98. The molecule has 23 heavy (non-hydrogen) atoms. The van der Waals surface area contributed by atoms with Crippen molar-refractivity contribution in [3.63, 3.8) is 0 Å². The van der Waals surface area contributed by atoms with Gasteiger partial charge in [0.2, 0.25) is 0 Å². The van der Waals surface area contributed by atoms with E-state index in [-0.39, 0.29) is 0 Å². The zero-order valence-corrected chi connectivity index (χ0v) is 12.8. The van der Waals surface area contributed by atoms with Crippen molar-refractivity contribution in [1.82, 2.24) is 9.88 Å². The Morgan fingerprint density at radius 2 is 1.74 bits per heavy atom. The first-order chi connectivity index (χ1) is 11.3. The summed E-state index contributed by atoms with van der Waals surface area (Å²) in [5.74, 6) is 0.926. The van der Waals surface area contributed by atoms with Crippen LogP contribution in [-0.4, -0.2) is 36.1 Å². The maximum atomic E-state index is 8.97. The molecule has 2 aromatic rings. The Kier molecular flexibility index (Phi) is 4.52. The number of benzene rings is 1. The normalized spacial score (nSPS) is 15.0. The van der Waals surface area contributed by atoms with Gasteiger partial charge in [-0.1, -0.05) is 12.1 Å². The Labute approximate surface area is 136 Å². The van der Waals surface area contributed by atoms with Crippen LogP contribution in [0.2, 0.25) is 0 Å². The quantitative estimate of drug-likeness (QED) is 0.869. The second kappa shape index (κ2) is 6.91. The number of pyridine rings is 1. The molecular weight excluding hydrogens is 286 g/mol. The largest absolute Gasteiger partial charge is 0.354 e. The fraction of sp³-hybridized carbons (Fsp3) is 0.278. The molecule has 5 heteroatoms. The first-order valence-electron chi connectivity index (χ1n) is 7.61. The molecule has 1 saturated heterocycles. The van der Waals surface area contributed by atoms with Gasteiger partial charge in [0.25, 0.3) is 0 Å². The van der Waals surface area contributed by atoms with Gasteiger partial charge in [-0.15, -0.1) is 0 Å². The third-order valence-electron chi connectivity index (χ3n) is 4.04. The van der Waals surface area contributed by atoms with Gasteiger partial charge in [-0.25, -0.2) is 4.98 Å². The molecule has 0 atom stereocenters. The Balaban J connectivity index is 1.57. The molecule has 0 spiro atoms. The van der Waals surface area contributed by atoms with E-state index < -0.39 is 0 Å². The summed E-state index contributed by atoms with van der Waals surface area (Å²) in [6.07, 6.45) is 1.62. The number of rotatable bonds is 3. The van der Waals surface area contributed by atoms with Gasteiger partial charge < -0.3 is 4.90 Å². The van der Waals surface area contributed by atoms with Crippen LogP contribution in [0.4, 0.5) is 5.82 Å². The van der Waals surface area contributed by atoms with E-state index >= 15 is 0 Å². The SMILES string of the molecule is N#Cc1ccc(N2CCN(Cc3cccc(C#N)c3)CC2)nc1. The molecule has 0 saturated carbocycles. The van der Waals surface area contributed by atoms with Crippen LogP contribution >= 0.6 is 0 Å². The van der Waals surface area contributed by atoms with Crippen molar-refractivity contribution in [2.75, 3.05) is 31.1 Å². The summed E-state index contributed by atoms with van der Waals surface area (Å²) in [5, 5.41) is 17.8. The summed E-state index contributed by atoms with van der Waals surface area (Å²) in [7, 11) is 0. The Morgan fingerprint density at radius 1 is 0.957 bits per heavy atom. The lowest BCUT2D eigenvalue weighted by Crippen LogP contribution is -2.46. The number of hydrogen-bond donors (Lipinski definition) is 0. The Morgan fingerprint density at radius 3 is 2.39 bits per heavy atom. The molecule has 1 aliphatic heterocycles. The summed E-state index contributed by atoms with van der Waals surface area (Å²) in [6.45, 7) is 4.61. The zero-order valence-electron chi connectivity index (χ0n) is 12.8. The highest BCUT2D eigenvalue weighted by molar-refractivity contribution is 5.42. The van der Waals surface area contributed by atoms with E-state index in [1.165, 1.54) is 5.56 Å². The second-order valence-electron chi connectivity index (χ2n) is 5.59. The van der Waals surface area contributed by atoms with E-state index in [1.54, 1.807) is 6.20 Å². The number of aromatic nitrogens is 1. The summed E-state index contributed by atoms with van der Waals surface area (Å²) < 4.78 is 0. The maximum absolute atomic E-state index is 8.97. The van der Waals surface area contributed by atoms with Gasteiger partial charge in [-0.05, 0) is 29.8 Å². The second-order valence-corrected chi connectivity index (χ2v) is 5.59. The topological polar surface area (TPSA) is 67.0 Å². The van der Waals surface area contributed by atoms with Crippen LogP contribution in [0.25, 0.3) is 0 Å². The molecule has 0 aliphatic carbocycles. The number of nitriles is 2. The van der Waals surface area contributed by atoms with Crippen LogP contribution < -0.4 is 4.90 Å². The van der Waals surface area contributed by atoms with Crippen LogP contribution in [0.1, 0.15) is 16.7 Å². The minimum atomic E-state index is 0.588. The molecule has 0 unspecified atom stereocenters. The first kappa shape index (κ1) is 15.0.